The first-order valence-corrected chi connectivity index (χ1v) is 13.5. The van der Waals surface area contributed by atoms with Crippen LogP contribution in [0.25, 0.3) is 21.6 Å². The molecule has 0 spiro atoms. The van der Waals surface area contributed by atoms with Crippen molar-refractivity contribution in [1.29, 1.82) is 0 Å². The molecule has 0 fully saturated rings. The predicted molar refractivity (Wildman–Crippen MR) is 163 cm³/mol. The predicted octanol–water partition coefficient (Wildman–Crippen LogP) is 5.05. The fraction of sp³-hybridized carbons (Fsp3) is 0.280. The zero-order chi connectivity index (χ0) is 27.9. The number of benzene rings is 2. The molecule has 1 atom stereocenters. The third-order valence-electron chi connectivity index (χ3n) is 6.21. The van der Waals surface area contributed by atoms with E-state index in [0.29, 0.717) is 28.4 Å². The van der Waals surface area contributed by atoms with Crippen molar-refractivity contribution < 1.29 is 9.90 Å². The van der Waals surface area contributed by atoms with Crippen LogP contribution in [0.5, 0.6) is 5.75 Å². The molecule has 1 aromatic heterocycles. The molecule has 204 valence electrons. The third-order valence-corrected chi connectivity index (χ3v) is 7.36. The summed E-state index contributed by atoms with van der Waals surface area (Å²) in [6.45, 7) is 1.90. The van der Waals surface area contributed by atoms with Gasteiger partial charge in [-0.1, -0.05) is 16.7 Å². The SMILES string of the molecule is [N-]=[N+]=NCCCC(C(=O)Nc1ccc2c(c1)NCCN2)n1cc(O)c(-c2cc(Cl)ccc2N(I)CN)cc1=O. The molecular formula is C25H27ClIN9O3. The molecule has 2 heterocycles. The van der Waals surface area contributed by atoms with Crippen molar-refractivity contribution in [2.75, 3.05) is 45.4 Å². The third kappa shape index (κ3) is 6.68. The number of azide groups is 1. The minimum atomic E-state index is -0.975. The summed E-state index contributed by atoms with van der Waals surface area (Å²) in [5.74, 6) is -0.657. The number of nitrogens with zero attached hydrogens (tertiary/aromatic N) is 5. The number of amides is 1. The van der Waals surface area contributed by atoms with Crippen LogP contribution in [0.15, 0.2) is 58.6 Å². The van der Waals surface area contributed by atoms with Gasteiger partial charge in [0.2, 0.25) is 5.91 Å². The lowest BCUT2D eigenvalue weighted by Crippen LogP contribution is -2.33. The summed E-state index contributed by atoms with van der Waals surface area (Å²) >= 11 is 8.25. The first kappa shape index (κ1) is 28.4. The number of halogens is 2. The van der Waals surface area contributed by atoms with Crippen molar-refractivity contribution in [3.63, 3.8) is 0 Å². The summed E-state index contributed by atoms with van der Waals surface area (Å²) in [5, 5.41) is 24.4. The Kier molecular flexibility index (Phi) is 9.41. The summed E-state index contributed by atoms with van der Waals surface area (Å²) in [6, 6.07) is 10.8. The molecule has 0 aliphatic carbocycles. The molecule has 1 aliphatic heterocycles. The van der Waals surface area contributed by atoms with Crippen LogP contribution in [0.3, 0.4) is 0 Å². The Hall–Kier alpha value is -3.65. The number of rotatable bonds is 10. The Morgan fingerprint density at radius 1 is 1.23 bits per heavy atom. The van der Waals surface area contributed by atoms with Crippen LogP contribution in [0.4, 0.5) is 22.7 Å². The highest BCUT2D eigenvalue weighted by Gasteiger charge is 2.24. The lowest BCUT2D eigenvalue weighted by molar-refractivity contribution is -0.119. The van der Waals surface area contributed by atoms with Gasteiger partial charge in [-0.15, -0.1) is 0 Å². The molecule has 6 N–H and O–H groups in total. The number of nitrogens with two attached hydrogens (primary N) is 1. The van der Waals surface area contributed by atoms with E-state index >= 15 is 0 Å². The molecule has 4 rings (SSSR count). The number of nitrogens with one attached hydrogen (secondary N) is 3. The van der Waals surface area contributed by atoms with Crippen molar-refractivity contribution in [3.8, 4) is 16.9 Å². The summed E-state index contributed by atoms with van der Waals surface area (Å²) in [5.41, 5.74) is 17.7. The van der Waals surface area contributed by atoms with Crippen LogP contribution in [0.1, 0.15) is 18.9 Å². The van der Waals surface area contributed by atoms with Gasteiger partial charge < -0.3 is 29.9 Å². The maximum Gasteiger partial charge on any atom is 0.252 e. The topological polar surface area (TPSA) is 173 Å². The molecule has 3 aromatic rings. The Morgan fingerprint density at radius 2 is 2.00 bits per heavy atom. The van der Waals surface area contributed by atoms with E-state index in [4.69, 9.17) is 22.9 Å². The quantitative estimate of drug-likeness (QED) is 0.0384. The highest BCUT2D eigenvalue weighted by Crippen LogP contribution is 2.38. The summed E-state index contributed by atoms with van der Waals surface area (Å²) in [6.07, 6.45) is 1.80. The van der Waals surface area contributed by atoms with Gasteiger partial charge in [0, 0.05) is 52.4 Å². The standard InChI is InChI=1S/C25H27ClIN9O3/c26-15-3-6-21(36(27)14-28)17(10-15)18-12-24(38)35(13-23(18)37)22(2-1-7-32-34-29)25(39)33-16-4-5-19-20(11-16)31-9-8-30-19/h3-6,10-13,22,30-31,37H,1-2,7-9,14,28H2,(H,33,39). The minimum absolute atomic E-state index is 0.157. The highest BCUT2D eigenvalue weighted by molar-refractivity contribution is 14.1. The van der Waals surface area contributed by atoms with E-state index in [1.807, 2.05) is 35.0 Å². The molecule has 0 bridgehead atoms. The molecule has 1 amide bonds. The van der Waals surface area contributed by atoms with E-state index in [1.165, 1.54) is 16.8 Å². The molecular weight excluding hydrogens is 637 g/mol. The average Bonchev–Trinajstić information content (AvgIpc) is 2.93. The second-order valence-electron chi connectivity index (χ2n) is 8.74. The summed E-state index contributed by atoms with van der Waals surface area (Å²) in [7, 11) is 0. The van der Waals surface area contributed by atoms with E-state index in [2.05, 4.69) is 26.0 Å². The summed E-state index contributed by atoms with van der Waals surface area (Å²) in [4.78, 5) is 29.6. The second kappa shape index (κ2) is 12.9. The van der Waals surface area contributed by atoms with Crippen LogP contribution in [0.2, 0.25) is 5.02 Å². The molecule has 0 saturated carbocycles. The number of hydrogen-bond acceptors (Lipinski definition) is 8. The van der Waals surface area contributed by atoms with Crippen molar-refractivity contribution in [3.05, 3.63) is 74.5 Å². The largest absolute Gasteiger partial charge is 0.506 e. The number of fused-ring (bicyclic) bond motifs is 1. The number of aromatic nitrogens is 1. The molecule has 39 heavy (non-hydrogen) atoms. The zero-order valence-electron chi connectivity index (χ0n) is 20.8. The van der Waals surface area contributed by atoms with Gasteiger partial charge >= 0.3 is 0 Å². The Balaban J connectivity index is 1.69. The van der Waals surface area contributed by atoms with Gasteiger partial charge in [-0.25, -0.2) is 0 Å². The van der Waals surface area contributed by atoms with E-state index < -0.39 is 17.5 Å². The zero-order valence-corrected chi connectivity index (χ0v) is 23.7. The number of carbonyl (C=O) groups excluding carboxylic acids is 1. The van der Waals surface area contributed by atoms with E-state index in [9.17, 15) is 14.7 Å². The second-order valence-corrected chi connectivity index (χ2v) is 10.3. The molecule has 0 radical (unpaired) electrons. The van der Waals surface area contributed by atoms with E-state index in [0.717, 1.165) is 24.5 Å². The van der Waals surface area contributed by atoms with Crippen LogP contribution in [-0.4, -0.2) is 41.9 Å². The molecule has 14 heteroatoms. The first-order chi connectivity index (χ1) is 18.8. The fourth-order valence-electron chi connectivity index (χ4n) is 4.37. The van der Waals surface area contributed by atoms with Crippen LogP contribution in [-0.2, 0) is 4.79 Å². The fourth-order valence-corrected chi connectivity index (χ4v) is 4.96. The van der Waals surface area contributed by atoms with Gasteiger partial charge in [-0.2, -0.15) is 0 Å². The smallest absolute Gasteiger partial charge is 0.252 e. The number of carbonyl (C=O) groups is 1. The van der Waals surface area contributed by atoms with Crippen LogP contribution < -0.4 is 30.4 Å². The summed E-state index contributed by atoms with van der Waals surface area (Å²) < 4.78 is 2.92. The first-order valence-electron chi connectivity index (χ1n) is 12.1. The molecule has 0 saturated heterocycles. The van der Waals surface area contributed by atoms with Gasteiger partial charge in [0.25, 0.3) is 5.56 Å². The van der Waals surface area contributed by atoms with Crippen molar-refractivity contribution >= 4 is 63.1 Å². The number of hydrogen-bond donors (Lipinski definition) is 5. The van der Waals surface area contributed by atoms with Crippen molar-refractivity contribution in [2.45, 2.75) is 18.9 Å². The Labute approximate surface area is 243 Å². The number of aromatic hydroxyl groups is 1. The monoisotopic (exact) mass is 663 g/mol. The van der Waals surface area contributed by atoms with Crippen molar-refractivity contribution in [2.24, 2.45) is 10.8 Å². The van der Waals surface area contributed by atoms with Crippen LogP contribution >= 0.6 is 34.5 Å². The maximum absolute atomic E-state index is 13.5. The number of pyridine rings is 1. The Morgan fingerprint density at radius 3 is 2.74 bits per heavy atom. The lowest BCUT2D eigenvalue weighted by atomic mass is 10.0. The molecule has 2 aromatic carbocycles. The normalized spacial score (nSPS) is 12.8. The molecule has 12 nitrogen and oxygen atoms in total. The van der Waals surface area contributed by atoms with E-state index in [1.54, 1.807) is 27.4 Å². The van der Waals surface area contributed by atoms with Gasteiger partial charge in [0.15, 0.2) is 0 Å². The lowest BCUT2D eigenvalue weighted by Gasteiger charge is -2.23. The van der Waals surface area contributed by atoms with E-state index in [-0.39, 0.29) is 30.9 Å². The maximum atomic E-state index is 13.5. The van der Waals surface area contributed by atoms with Crippen molar-refractivity contribution in [1.82, 2.24) is 4.57 Å². The molecule has 1 unspecified atom stereocenters. The minimum Gasteiger partial charge on any atom is -0.506 e. The van der Waals surface area contributed by atoms with Gasteiger partial charge in [-0.3, -0.25) is 14.2 Å². The number of anilines is 4. The van der Waals surface area contributed by atoms with Gasteiger partial charge in [-0.05, 0) is 54.8 Å². The highest BCUT2D eigenvalue weighted by atomic mass is 127. The average molecular weight is 664 g/mol. The van der Waals surface area contributed by atoms with Gasteiger partial charge in [0.1, 0.15) is 11.8 Å². The van der Waals surface area contributed by atoms with Gasteiger partial charge in [0.05, 0.1) is 52.8 Å². The molecule has 1 aliphatic rings. The van der Waals surface area contributed by atoms with Crippen LogP contribution in [0, 0.1) is 0 Å². The Bertz CT molecular complexity index is 1480.